The average molecular weight is 851 g/mol. The van der Waals surface area contributed by atoms with Gasteiger partial charge in [0, 0.05) is 6.42 Å². The molecule has 1 heterocycles. The Morgan fingerprint density at radius 3 is 1.13 bits per heavy atom. The van der Waals surface area contributed by atoms with Crippen LogP contribution in [0.1, 0.15) is 68.1 Å². The number of benzene rings is 10. The molecule has 5 aliphatic rings. The molecule has 2 spiro atoms. The maximum atomic E-state index is 5.36. The molecular formula is C65H42N2. The van der Waals surface area contributed by atoms with Gasteiger partial charge in [0.25, 0.3) is 0 Å². The molecule has 2 unspecified atom stereocenters. The summed E-state index contributed by atoms with van der Waals surface area (Å²) in [5.74, 6) is 0. The lowest BCUT2D eigenvalue weighted by Gasteiger charge is -2.32. The Morgan fingerprint density at radius 1 is 0.313 bits per heavy atom. The molecule has 10 aromatic carbocycles. The zero-order valence-electron chi connectivity index (χ0n) is 36.7. The molecule has 67 heavy (non-hydrogen) atoms. The highest BCUT2D eigenvalue weighted by Gasteiger charge is 2.53. The molecule has 0 amide bonds. The van der Waals surface area contributed by atoms with Gasteiger partial charge in [0.15, 0.2) is 0 Å². The summed E-state index contributed by atoms with van der Waals surface area (Å²) < 4.78 is 0. The Hall–Kier alpha value is -8.33. The lowest BCUT2D eigenvalue weighted by atomic mass is 9.69. The molecule has 2 heteroatoms. The Kier molecular flexibility index (Phi) is 7.50. The highest BCUT2D eigenvalue weighted by molar-refractivity contribution is 6.04. The van der Waals surface area contributed by atoms with Crippen LogP contribution in [-0.4, -0.2) is 5.71 Å². The van der Waals surface area contributed by atoms with E-state index in [0.29, 0.717) is 0 Å². The topological polar surface area (TPSA) is 15.6 Å². The van der Waals surface area contributed by atoms with Crippen LogP contribution in [0, 0.1) is 0 Å². The smallest absolute Gasteiger partial charge is 0.0831 e. The zero-order chi connectivity index (χ0) is 43.8. The maximum absolute atomic E-state index is 5.36. The van der Waals surface area contributed by atoms with E-state index in [9.17, 15) is 0 Å². The van der Waals surface area contributed by atoms with Crippen molar-refractivity contribution in [1.29, 1.82) is 0 Å². The third kappa shape index (κ3) is 4.77. The first-order chi connectivity index (χ1) is 33.2. The van der Waals surface area contributed by atoms with Gasteiger partial charge in [-0.3, -0.25) is 5.01 Å². The predicted octanol–water partition coefficient (Wildman–Crippen LogP) is 15.4. The first kappa shape index (κ1) is 36.9. The minimum atomic E-state index is -0.513. The minimum Gasteiger partial charge on any atom is -0.257 e. The molecule has 312 valence electrons. The van der Waals surface area contributed by atoms with Crippen molar-refractivity contribution in [2.24, 2.45) is 5.10 Å². The van der Waals surface area contributed by atoms with Crippen molar-refractivity contribution >= 4 is 11.4 Å². The van der Waals surface area contributed by atoms with Crippen LogP contribution >= 0.6 is 0 Å². The first-order valence-corrected chi connectivity index (χ1v) is 23.6. The third-order valence-electron chi connectivity index (χ3n) is 15.9. The van der Waals surface area contributed by atoms with Gasteiger partial charge in [0.1, 0.15) is 0 Å². The second-order valence-corrected chi connectivity index (χ2v) is 18.9. The number of nitrogens with zero attached hydrogens (tertiary/aromatic N) is 2. The quantitative estimate of drug-likeness (QED) is 0.172. The summed E-state index contributed by atoms with van der Waals surface area (Å²) in [7, 11) is 0. The SMILES string of the molecule is c1ccc(C2=NN(c3ccccc3)C(c3ccc4c(c3)C3(c5ccccc5-c5ccc(-c6ccc7c(c6)C6(c8ccccc8-c8ccccc86)c6ccccc6-7)cc53)c3ccccc3-4)C2)cc1. The van der Waals surface area contributed by atoms with Gasteiger partial charge in [-0.05, 0) is 136 Å². The number of hydrogen-bond acceptors (Lipinski definition) is 2. The summed E-state index contributed by atoms with van der Waals surface area (Å²) in [6, 6.07) is 89.0. The lowest BCUT2D eigenvalue weighted by molar-refractivity contribution is 0.704. The Bertz CT molecular complexity index is 3670. The number of hydrogen-bond donors (Lipinski definition) is 0. The van der Waals surface area contributed by atoms with E-state index in [-0.39, 0.29) is 6.04 Å². The molecule has 15 rings (SSSR count). The van der Waals surface area contributed by atoms with E-state index in [4.69, 9.17) is 5.10 Å². The van der Waals surface area contributed by atoms with E-state index >= 15 is 0 Å². The van der Waals surface area contributed by atoms with Crippen molar-refractivity contribution in [2.45, 2.75) is 23.3 Å². The summed E-state index contributed by atoms with van der Waals surface area (Å²) in [6.45, 7) is 0. The normalized spacial score (nSPS) is 17.9. The fraction of sp³-hybridized carbons (Fsp3) is 0.0615. The van der Waals surface area contributed by atoms with Crippen LogP contribution in [0.4, 0.5) is 5.69 Å². The highest BCUT2D eigenvalue weighted by atomic mass is 15.5. The van der Waals surface area contributed by atoms with E-state index < -0.39 is 10.8 Å². The van der Waals surface area contributed by atoms with Crippen LogP contribution in [0.2, 0.25) is 0 Å². The third-order valence-corrected chi connectivity index (χ3v) is 15.9. The summed E-state index contributed by atoms with van der Waals surface area (Å²) in [5, 5.41) is 7.62. The fourth-order valence-corrected chi connectivity index (χ4v) is 13.2. The molecule has 1 aliphatic heterocycles. The average Bonchev–Trinajstić information content (AvgIpc) is 4.19. The van der Waals surface area contributed by atoms with E-state index in [0.717, 1.165) is 17.8 Å². The highest BCUT2D eigenvalue weighted by Crippen LogP contribution is 2.65. The van der Waals surface area contributed by atoms with Crippen LogP contribution < -0.4 is 5.01 Å². The zero-order valence-corrected chi connectivity index (χ0v) is 36.7. The molecule has 0 aromatic heterocycles. The molecule has 0 saturated heterocycles. The van der Waals surface area contributed by atoms with Crippen LogP contribution in [0.25, 0.3) is 55.6 Å². The summed E-state index contributed by atoms with van der Waals surface area (Å²) in [5.41, 5.74) is 27.6. The Morgan fingerprint density at radius 2 is 0.672 bits per heavy atom. The van der Waals surface area contributed by atoms with Gasteiger partial charge in [0.2, 0.25) is 0 Å². The van der Waals surface area contributed by atoms with E-state index in [1.165, 1.54) is 111 Å². The Balaban J connectivity index is 0.936. The molecule has 0 radical (unpaired) electrons. The van der Waals surface area contributed by atoms with Crippen molar-refractivity contribution in [1.82, 2.24) is 0 Å². The molecule has 0 bridgehead atoms. The van der Waals surface area contributed by atoms with E-state index in [2.05, 4.69) is 242 Å². The van der Waals surface area contributed by atoms with Crippen molar-refractivity contribution in [3.8, 4) is 55.6 Å². The molecule has 2 nitrogen and oxygen atoms in total. The van der Waals surface area contributed by atoms with Crippen molar-refractivity contribution in [3.63, 3.8) is 0 Å². The fourth-order valence-electron chi connectivity index (χ4n) is 13.2. The van der Waals surface area contributed by atoms with Gasteiger partial charge < -0.3 is 0 Å². The number of anilines is 1. The molecule has 0 saturated carbocycles. The number of rotatable bonds is 4. The number of fused-ring (bicyclic) bond motifs is 20. The number of para-hydroxylation sites is 1. The van der Waals surface area contributed by atoms with Gasteiger partial charge >= 0.3 is 0 Å². The molecule has 2 atom stereocenters. The van der Waals surface area contributed by atoms with Gasteiger partial charge in [-0.15, -0.1) is 0 Å². The van der Waals surface area contributed by atoms with Gasteiger partial charge in [-0.25, -0.2) is 0 Å². The molecule has 10 aromatic rings. The van der Waals surface area contributed by atoms with Crippen LogP contribution in [0.3, 0.4) is 0 Å². The minimum absolute atomic E-state index is 0.0276. The van der Waals surface area contributed by atoms with Crippen LogP contribution in [-0.2, 0) is 10.8 Å². The maximum Gasteiger partial charge on any atom is 0.0831 e. The number of hydrazone groups is 1. The second kappa shape index (κ2) is 13.6. The van der Waals surface area contributed by atoms with Crippen molar-refractivity contribution < 1.29 is 0 Å². The van der Waals surface area contributed by atoms with Gasteiger partial charge in [0.05, 0.1) is 28.3 Å². The summed E-state index contributed by atoms with van der Waals surface area (Å²) in [6.07, 6.45) is 0.813. The lowest BCUT2D eigenvalue weighted by Crippen LogP contribution is -2.27. The summed E-state index contributed by atoms with van der Waals surface area (Å²) >= 11 is 0. The predicted molar refractivity (Wildman–Crippen MR) is 274 cm³/mol. The van der Waals surface area contributed by atoms with Crippen molar-refractivity contribution in [3.05, 3.63) is 292 Å². The molecule has 0 fully saturated rings. The van der Waals surface area contributed by atoms with Gasteiger partial charge in [-0.2, -0.15) is 5.10 Å². The van der Waals surface area contributed by atoms with E-state index in [1.807, 2.05) is 0 Å². The van der Waals surface area contributed by atoms with E-state index in [1.54, 1.807) is 0 Å². The first-order valence-electron chi connectivity index (χ1n) is 23.6. The molecule has 0 N–H and O–H groups in total. The monoisotopic (exact) mass is 850 g/mol. The Labute approximate surface area is 390 Å². The summed E-state index contributed by atoms with van der Waals surface area (Å²) in [4.78, 5) is 0. The standard InChI is InChI=1S/C65H42N2/c1-3-17-41(18-4-1)62-40-63(67(66-62)45-19-5-2-6-20-45)44-33-36-53-50-25-11-16-30-58(50)65(61(53)39-44)57-29-15-10-24-49(57)52-35-32-43(38-60(52)65)42-31-34-51-48-23-9-14-28-56(48)64(59(51)37-42)54-26-12-7-21-46(54)47-22-8-13-27-55(47)64/h1-39,63H,40H2. The largest absolute Gasteiger partial charge is 0.257 e. The second-order valence-electron chi connectivity index (χ2n) is 18.9. The van der Waals surface area contributed by atoms with Gasteiger partial charge in [-0.1, -0.05) is 212 Å². The van der Waals surface area contributed by atoms with Crippen molar-refractivity contribution in [2.75, 3.05) is 5.01 Å². The van der Waals surface area contributed by atoms with Crippen LogP contribution in [0.15, 0.2) is 242 Å². The van der Waals surface area contributed by atoms with Crippen LogP contribution in [0.5, 0.6) is 0 Å². The molecule has 4 aliphatic carbocycles. The molecular weight excluding hydrogens is 809 g/mol.